The number of carbonyl (C=O) groups is 2. The third-order valence-corrected chi connectivity index (χ3v) is 4.02. The van der Waals surface area contributed by atoms with Gasteiger partial charge in [0.15, 0.2) is 0 Å². The van der Waals surface area contributed by atoms with Gasteiger partial charge in [-0.15, -0.1) is 12.4 Å². The predicted molar refractivity (Wildman–Crippen MR) is 88.6 cm³/mol. The second-order valence-corrected chi connectivity index (χ2v) is 5.72. The molecular formula is C16H24ClN3O2. The lowest BCUT2D eigenvalue weighted by Crippen LogP contribution is -2.52. The van der Waals surface area contributed by atoms with E-state index in [9.17, 15) is 9.59 Å². The van der Waals surface area contributed by atoms with Crippen molar-refractivity contribution >= 4 is 24.2 Å². The Balaban J connectivity index is 0.00000242. The lowest BCUT2D eigenvalue weighted by molar-refractivity contribution is -0.130. The summed E-state index contributed by atoms with van der Waals surface area (Å²) in [6.45, 7) is 4.83. The topological polar surface area (TPSA) is 75.4 Å². The number of hydrogen-bond acceptors (Lipinski definition) is 3. The highest BCUT2D eigenvalue weighted by atomic mass is 35.5. The van der Waals surface area contributed by atoms with Crippen LogP contribution in [-0.4, -0.2) is 35.8 Å². The molecule has 1 aliphatic rings. The van der Waals surface area contributed by atoms with Crippen molar-refractivity contribution < 1.29 is 9.59 Å². The Bertz CT molecular complexity index is 519. The number of benzene rings is 1. The van der Waals surface area contributed by atoms with Gasteiger partial charge in [-0.25, -0.2) is 0 Å². The zero-order chi connectivity index (χ0) is 15.5. The molecule has 0 saturated carbocycles. The highest BCUT2D eigenvalue weighted by Crippen LogP contribution is 2.19. The Labute approximate surface area is 137 Å². The van der Waals surface area contributed by atoms with Crippen LogP contribution in [0.2, 0.25) is 0 Å². The normalized spacial score (nSPS) is 20.0. The Morgan fingerprint density at radius 2 is 2.00 bits per heavy atom. The third-order valence-electron chi connectivity index (χ3n) is 4.02. The first kappa shape index (κ1) is 18.5. The highest BCUT2D eigenvalue weighted by molar-refractivity contribution is 5.87. The Morgan fingerprint density at radius 1 is 1.36 bits per heavy atom. The first-order valence-corrected chi connectivity index (χ1v) is 7.38. The molecule has 2 rings (SSSR count). The summed E-state index contributed by atoms with van der Waals surface area (Å²) in [6.07, 6.45) is 1.28. The molecule has 5 nitrogen and oxygen atoms in total. The Morgan fingerprint density at radius 3 is 2.59 bits per heavy atom. The van der Waals surface area contributed by atoms with Crippen LogP contribution in [0, 0.1) is 0 Å². The first-order chi connectivity index (χ1) is 9.95. The van der Waals surface area contributed by atoms with E-state index in [0.29, 0.717) is 19.5 Å². The molecule has 1 aromatic carbocycles. The number of nitrogens with two attached hydrogens (primary N) is 1. The van der Waals surface area contributed by atoms with Crippen molar-refractivity contribution in [1.29, 1.82) is 0 Å². The first-order valence-electron chi connectivity index (χ1n) is 7.38. The van der Waals surface area contributed by atoms with Crippen molar-refractivity contribution in [2.75, 3.05) is 13.1 Å². The fourth-order valence-electron chi connectivity index (χ4n) is 2.58. The van der Waals surface area contributed by atoms with Crippen LogP contribution in [0.5, 0.6) is 0 Å². The summed E-state index contributed by atoms with van der Waals surface area (Å²) < 4.78 is 0. The van der Waals surface area contributed by atoms with E-state index in [-0.39, 0.29) is 30.3 Å². The molecule has 3 N–H and O–H groups in total. The SMILES string of the molecule is CCC(=O)N1CCC(NC(=O)C(C)(N)c2ccccc2)C1.Cl. The van der Waals surface area contributed by atoms with Gasteiger partial charge in [0.25, 0.3) is 0 Å². The van der Waals surface area contributed by atoms with Crippen LogP contribution >= 0.6 is 12.4 Å². The molecule has 0 bridgehead atoms. The van der Waals surface area contributed by atoms with Crippen LogP contribution in [0.15, 0.2) is 30.3 Å². The van der Waals surface area contributed by atoms with Crippen LogP contribution in [0.1, 0.15) is 32.3 Å². The molecule has 1 fully saturated rings. The third kappa shape index (κ3) is 3.99. The average Bonchev–Trinajstić information content (AvgIpc) is 2.95. The number of nitrogens with zero attached hydrogens (tertiary/aromatic N) is 1. The van der Waals surface area contributed by atoms with Crippen molar-refractivity contribution in [1.82, 2.24) is 10.2 Å². The lowest BCUT2D eigenvalue weighted by atomic mass is 9.92. The van der Waals surface area contributed by atoms with Gasteiger partial charge in [0.1, 0.15) is 5.54 Å². The molecule has 2 amide bonds. The summed E-state index contributed by atoms with van der Waals surface area (Å²) in [5, 5.41) is 2.97. The van der Waals surface area contributed by atoms with Crippen LogP contribution in [0.25, 0.3) is 0 Å². The van der Waals surface area contributed by atoms with E-state index < -0.39 is 5.54 Å². The fourth-order valence-corrected chi connectivity index (χ4v) is 2.58. The average molecular weight is 326 g/mol. The molecule has 22 heavy (non-hydrogen) atoms. The summed E-state index contributed by atoms with van der Waals surface area (Å²) >= 11 is 0. The van der Waals surface area contributed by atoms with E-state index in [2.05, 4.69) is 5.32 Å². The maximum absolute atomic E-state index is 12.4. The smallest absolute Gasteiger partial charge is 0.244 e. The molecule has 2 unspecified atom stereocenters. The van der Waals surface area contributed by atoms with E-state index in [4.69, 9.17) is 5.73 Å². The highest BCUT2D eigenvalue weighted by Gasteiger charge is 2.34. The molecular weight excluding hydrogens is 302 g/mol. The van der Waals surface area contributed by atoms with Crippen molar-refractivity contribution in [2.45, 2.75) is 38.3 Å². The van der Waals surface area contributed by atoms with E-state index in [1.54, 1.807) is 11.8 Å². The molecule has 122 valence electrons. The minimum atomic E-state index is -1.07. The zero-order valence-electron chi connectivity index (χ0n) is 13.0. The molecule has 0 aliphatic carbocycles. The lowest BCUT2D eigenvalue weighted by Gasteiger charge is -2.26. The second kappa shape index (κ2) is 7.61. The number of hydrogen-bond donors (Lipinski definition) is 2. The summed E-state index contributed by atoms with van der Waals surface area (Å²) in [5.41, 5.74) is 5.90. The number of nitrogens with one attached hydrogen (secondary N) is 1. The van der Waals surface area contributed by atoms with Crippen molar-refractivity contribution in [3.8, 4) is 0 Å². The number of carbonyl (C=O) groups excluding carboxylic acids is 2. The fraction of sp³-hybridized carbons (Fsp3) is 0.500. The van der Waals surface area contributed by atoms with Gasteiger partial charge in [0.05, 0.1) is 0 Å². The van der Waals surface area contributed by atoms with Crippen molar-refractivity contribution in [2.24, 2.45) is 5.73 Å². The maximum atomic E-state index is 12.4. The Hall–Kier alpha value is -1.59. The van der Waals surface area contributed by atoms with Gasteiger partial charge in [0.2, 0.25) is 11.8 Å². The monoisotopic (exact) mass is 325 g/mol. The molecule has 1 saturated heterocycles. The maximum Gasteiger partial charge on any atom is 0.244 e. The molecule has 1 heterocycles. The molecule has 1 aliphatic heterocycles. The van der Waals surface area contributed by atoms with E-state index in [1.807, 2.05) is 37.3 Å². The van der Waals surface area contributed by atoms with E-state index >= 15 is 0 Å². The van der Waals surface area contributed by atoms with Gasteiger partial charge in [-0.05, 0) is 18.9 Å². The number of halogens is 1. The van der Waals surface area contributed by atoms with Crippen molar-refractivity contribution in [3.05, 3.63) is 35.9 Å². The zero-order valence-corrected chi connectivity index (χ0v) is 13.9. The largest absolute Gasteiger partial charge is 0.350 e. The van der Waals surface area contributed by atoms with Crippen LogP contribution in [0.3, 0.4) is 0 Å². The molecule has 0 spiro atoms. The van der Waals surface area contributed by atoms with Gasteiger partial charge in [0, 0.05) is 25.6 Å². The van der Waals surface area contributed by atoms with E-state index in [0.717, 1.165) is 12.0 Å². The summed E-state index contributed by atoms with van der Waals surface area (Å²) in [4.78, 5) is 25.9. The summed E-state index contributed by atoms with van der Waals surface area (Å²) in [6, 6.07) is 9.31. The standard InChI is InChI=1S/C16H23N3O2.ClH/c1-3-14(20)19-10-9-13(11-19)18-15(21)16(2,17)12-7-5-4-6-8-12;/h4-8,13H,3,9-11,17H2,1-2H3,(H,18,21);1H. The summed E-state index contributed by atoms with van der Waals surface area (Å²) in [5.74, 6) is -0.0742. The van der Waals surface area contributed by atoms with E-state index in [1.165, 1.54) is 0 Å². The van der Waals surface area contributed by atoms with Gasteiger partial charge in [-0.1, -0.05) is 37.3 Å². The van der Waals surface area contributed by atoms with Gasteiger partial charge >= 0.3 is 0 Å². The number of likely N-dealkylation sites (tertiary alicyclic amines) is 1. The van der Waals surface area contributed by atoms with Gasteiger partial charge in [-0.3, -0.25) is 9.59 Å². The summed E-state index contributed by atoms with van der Waals surface area (Å²) in [7, 11) is 0. The van der Waals surface area contributed by atoms with Gasteiger partial charge in [-0.2, -0.15) is 0 Å². The molecule has 0 aromatic heterocycles. The number of rotatable bonds is 4. The predicted octanol–water partition coefficient (Wildman–Crippen LogP) is 1.41. The minimum Gasteiger partial charge on any atom is -0.350 e. The second-order valence-electron chi connectivity index (χ2n) is 5.72. The molecule has 2 atom stereocenters. The number of amides is 2. The van der Waals surface area contributed by atoms with Gasteiger partial charge < -0.3 is 16.0 Å². The van der Waals surface area contributed by atoms with Crippen LogP contribution in [-0.2, 0) is 15.1 Å². The molecule has 0 radical (unpaired) electrons. The van der Waals surface area contributed by atoms with Crippen LogP contribution in [0.4, 0.5) is 0 Å². The quantitative estimate of drug-likeness (QED) is 0.879. The molecule has 1 aromatic rings. The minimum absolute atomic E-state index is 0. The Kier molecular flexibility index (Phi) is 6.38. The van der Waals surface area contributed by atoms with Crippen molar-refractivity contribution in [3.63, 3.8) is 0 Å². The molecule has 6 heteroatoms. The van der Waals surface area contributed by atoms with Crippen LogP contribution < -0.4 is 11.1 Å².